The molecule has 1 aromatic carbocycles. The van der Waals surface area contributed by atoms with Crippen molar-refractivity contribution in [1.29, 1.82) is 0 Å². The van der Waals surface area contributed by atoms with E-state index >= 15 is 0 Å². The normalized spacial score (nSPS) is 21.5. The Kier molecular flexibility index (Phi) is 4.53. The molecule has 1 aliphatic heterocycles. The molecular formula is C17H22BF2NO4. The van der Waals surface area contributed by atoms with E-state index in [1.54, 1.807) is 6.07 Å². The van der Waals surface area contributed by atoms with Gasteiger partial charge in [-0.2, -0.15) is 8.78 Å². The first-order valence-electron chi connectivity index (χ1n) is 8.34. The van der Waals surface area contributed by atoms with Crippen LogP contribution in [0.5, 0.6) is 5.75 Å². The summed E-state index contributed by atoms with van der Waals surface area (Å²) in [5.41, 5.74) is -0.436. The fourth-order valence-electron chi connectivity index (χ4n) is 2.54. The van der Waals surface area contributed by atoms with Crippen LogP contribution in [0.3, 0.4) is 0 Å². The van der Waals surface area contributed by atoms with E-state index in [4.69, 9.17) is 9.31 Å². The second-order valence-corrected chi connectivity index (χ2v) is 7.51. The molecular weight excluding hydrogens is 331 g/mol. The highest BCUT2D eigenvalue weighted by Gasteiger charge is 2.52. The summed E-state index contributed by atoms with van der Waals surface area (Å²) in [6.07, 6.45) is 1.87. The summed E-state index contributed by atoms with van der Waals surface area (Å²) in [6.45, 7) is 4.61. The highest BCUT2D eigenvalue weighted by Crippen LogP contribution is 2.36. The number of nitrogens with one attached hydrogen (secondary N) is 1. The molecule has 1 aromatic rings. The van der Waals surface area contributed by atoms with Crippen molar-refractivity contribution in [1.82, 2.24) is 5.32 Å². The van der Waals surface area contributed by atoms with Crippen LogP contribution < -0.4 is 15.5 Å². The van der Waals surface area contributed by atoms with Crippen LogP contribution in [0.25, 0.3) is 0 Å². The van der Waals surface area contributed by atoms with Gasteiger partial charge in [-0.25, -0.2) is 0 Å². The SMILES string of the molecule is CC1(C)OB(c2cc(OC(F)F)cc(C(=O)NC3CC3)c2)OC1(C)C. The van der Waals surface area contributed by atoms with Crippen LogP contribution in [0.2, 0.25) is 0 Å². The number of amides is 1. The van der Waals surface area contributed by atoms with Crippen molar-refractivity contribution in [2.75, 3.05) is 0 Å². The number of ether oxygens (including phenoxy) is 1. The Morgan fingerprint density at radius 2 is 1.80 bits per heavy atom. The van der Waals surface area contributed by atoms with E-state index in [1.165, 1.54) is 12.1 Å². The van der Waals surface area contributed by atoms with Gasteiger partial charge in [-0.3, -0.25) is 4.79 Å². The third-order valence-electron chi connectivity index (χ3n) is 4.85. The van der Waals surface area contributed by atoms with Gasteiger partial charge in [0.15, 0.2) is 0 Å². The molecule has 3 rings (SSSR count). The molecule has 0 unspecified atom stereocenters. The molecule has 0 aromatic heterocycles. The smallest absolute Gasteiger partial charge is 0.435 e. The fraction of sp³-hybridized carbons (Fsp3) is 0.588. The van der Waals surface area contributed by atoms with Crippen LogP contribution in [-0.4, -0.2) is 36.9 Å². The summed E-state index contributed by atoms with van der Waals surface area (Å²) in [5, 5.41) is 2.84. The monoisotopic (exact) mass is 353 g/mol. The number of halogens is 2. The quantitative estimate of drug-likeness (QED) is 0.827. The van der Waals surface area contributed by atoms with E-state index in [2.05, 4.69) is 10.1 Å². The van der Waals surface area contributed by atoms with Crippen molar-refractivity contribution in [3.63, 3.8) is 0 Å². The van der Waals surface area contributed by atoms with E-state index in [1.807, 2.05) is 27.7 Å². The Labute approximate surface area is 146 Å². The second-order valence-electron chi connectivity index (χ2n) is 7.51. The van der Waals surface area contributed by atoms with E-state index in [0.29, 0.717) is 5.46 Å². The van der Waals surface area contributed by atoms with Gasteiger partial charge in [0, 0.05) is 11.6 Å². The Hall–Kier alpha value is -1.67. The molecule has 0 radical (unpaired) electrons. The van der Waals surface area contributed by atoms with Gasteiger partial charge >= 0.3 is 13.7 Å². The maximum absolute atomic E-state index is 12.6. The molecule has 1 saturated heterocycles. The van der Waals surface area contributed by atoms with E-state index in [-0.39, 0.29) is 23.3 Å². The van der Waals surface area contributed by atoms with Gasteiger partial charge in [-0.15, -0.1) is 0 Å². The molecule has 1 amide bonds. The largest absolute Gasteiger partial charge is 0.494 e. The summed E-state index contributed by atoms with van der Waals surface area (Å²) >= 11 is 0. The molecule has 136 valence electrons. The maximum atomic E-state index is 12.6. The van der Waals surface area contributed by atoms with Crippen LogP contribution >= 0.6 is 0 Å². The number of benzene rings is 1. The van der Waals surface area contributed by atoms with Crippen LogP contribution in [0.15, 0.2) is 18.2 Å². The summed E-state index contributed by atoms with van der Waals surface area (Å²) in [4.78, 5) is 12.3. The first kappa shape index (κ1) is 18.1. The molecule has 2 aliphatic rings. The minimum atomic E-state index is -2.98. The van der Waals surface area contributed by atoms with Crippen molar-refractivity contribution in [3.8, 4) is 5.75 Å². The minimum absolute atomic E-state index is 0.0943. The third-order valence-corrected chi connectivity index (χ3v) is 4.85. The number of carbonyl (C=O) groups is 1. The number of carbonyl (C=O) groups excluding carboxylic acids is 1. The second kappa shape index (κ2) is 6.25. The van der Waals surface area contributed by atoms with E-state index in [0.717, 1.165) is 12.8 Å². The van der Waals surface area contributed by atoms with Gasteiger partial charge in [-0.05, 0) is 64.2 Å². The number of hydrogen-bond donors (Lipinski definition) is 1. The summed E-state index contributed by atoms with van der Waals surface area (Å²) in [6, 6.07) is 4.48. The highest BCUT2D eigenvalue weighted by molar-refractivity contribution is 6.62. The average Bonchev–Trinajstić information content (AvgIpc) is 3.24. The van der Waals surface area contributed by atoms with Gasteiger partial charge in [0.25, 0.3) is 5.91 Å². The van der Waals surface area contributed by atoms with Crippen molar-refractivity contribution < 1.29 is 27.6 Å². The minimum Gasteiger partial charge on any atom is -0.435 e. The summed E-state index contributed by atoms with van der Waals surface area (Å²) in [7, 11) is -0.765. The molecule has 1 aliphatic carbocycles. The molecule has 8 heteroatoms. The molecule has 0 spiro atoms. The Morgan fingerprint density at radius 3 is 2.32 bits per heavy atom. The molecule has 1 heterocycles. The van der Waals surface area contributed by atoms with Crippen LogP contribution in [0.4, 0.5) is 8.78 Å². The fourth-order valence-corrected chi connectivity index (χ4v) is 2.54. The first-order valence-corrected chi connectivity index (χ1v) is 8.34. The topological polar surface area (TPSA) is 56.8 Å². The van der Waals surface area contributed by atoms with Crippen LogP contribution in [-0.2, 0) is 9.31 Å². The van der Waals surface area contributed by atoms with Crippen LogP contribution in [0, 0.1) is 0 Å². The average molecular weight is 353 g/mol. The zero-order chi connectivity index (χ0) is 18.4. The van der Waals surface area contributed by atoms with Crippen molar-refractivity contribution in [2.24, 2.45) is 0 Å². The van der Waals surface area contributed by atoms with Gasteiger partial charge < -0.3 is 19.4 Å². The molecule has 25 heavy (non-hydrogen) atoms. The zero-order valence-electron chi connectivity index (χ0n) is 14.8. The number of alkyl halides is 2. The molecule has 0 atom stereocenters. The molecule has 5 nitrogen and oxygen atoms in total. The predicted molar refractivity (Wildman–Crippen MR) is 89.3 cm³/mol. The van der Waals surface area contributed by atoms with Gasteiger partial charge in [0.1, 0.15) is 5.75 Å². The Balaban J connectivity index is 1.90. The Morgan fingerprint density at radius 1 is 1.20 bits per heavy atom. The lowest BCUT2D eigenvalue weighted by Crippen LogP contribution is -2.41. The lowest BCUT2D eigenvalue weighted by molar-refractivity contribution is -0.0498. The number of rotatable bonds is 5. The molecule has 0 bridgehead atoms. The predicted octanol–water partition coefficient (Wildman–Crippen LogP) is 2.48. The van der Waals surface area contributed by atoms with Crippen molar-refractivity contribution in [2.45, 2.75) is 64.4 Å². The van der Waals surface area contributed by atoms with Crippen molar-refractivity contribution >= 4 is 18.5 Å². The van der Waals surface area contributed by atoms with Crippen LogP contribution in [0.1, 0.15) is 50.9 Å². The highest BCUT2D eigenvalue weighted by atomic mass is 19.3. The first-order chi connectivity index (χ1) is 11.6. The van der Waals surface area contributed by atoms with Gasteiger partial charge in [-0.1, -0.05) is 0 Å². The summed E-state index contributed by atoms with van der Waals surface area (Å²) in [5.74, 6) is -0.414. The lowest BCUT2D eigenvalue weighted by atomic mass is 9.78. The van der Waals surface area contributed by atoms with Crippen molar-refractivity contribution in [3.05, 3.63) is 23.8 Å². The summed E-state index contributed by atoms with van der Waals surface area (Å²) < 4.78 is 41.7. The third kappa shape index (κ3) is 3.95. The lowest BCUT2D eigenvalue weighted by Gasteiger charge is -2.32. The van der Waals surface area contributed by atoms with E-state index < -0.39 is 24.9 Å². The van der Waals surface area contributed by atoms with Gasteiger partial charge in [0.2, 0.25) is 0 Å². The molecule has 1 N–H and O–H groups in total. The Bertz CT molecular complexity index is 661. The maximum Gasteiger partial charge on any atom is 0.494 e. The molecule has 2 fully saturated rings. The zero-order valence-corrected chi connectivity index (χ0v) is 14.8. The van der Waals surface area contributed by atoms with E-state index in [9.17, 15) is 13.6 Å². The number of hydrogen-bond acceptors (Lipinski definition) is 4. The molecule has 1 saturated carbocycles. The van der Waals surface area contributed by atoms with Gasteiger partial charge in [0.05, 0.1) is 11.2 Å². The standard InChI is InChI=1S/C17H22BF2NO4/c1-16(2)17(3,4)25-18(24-16)11-7-10(14(22)21-12-5-6-12)8-13(9-11)23-15(19)20/h7-9,12,15H,5-6H2,1-4H3,(H,21,22).